The van der Waals surface area contributed by atoms with Crippen molar-refractivity contribution in [2.45, 2.75) is 57.2 Å². The summed E-state index contributed by atoms with van der Waals surface area (Å²) in [5.74, 6) is -0.639. The minimum atomic E-state index is -4.44. The van der Waals surface area contributed by atoms with Crippen LogP contribution < -0.4 is 5.32 Å². The zero-order valence-corrected chi connectivity index (χ0v) is 19.5. The van der Waals surface area contributed by atoms with Gasteiger partial charge in [-0.25, -0.2) is 0 Å². The zero-order chi connectivity index (χ0) is 24.1. The lowest BCUT2D eigenvalue weighted by molar-refractivity contribution is -0.137. The summed E-state index contributed by atoms with van der Waals surface area (Å²) in [6, 6.07) is 13.5. The maximum Gasteiger partial charge on any atom is 0.416 e. The van der Waals surface area contributed by atoms with Crippen molar-refractivity contribution in [3.63, 3.8) is 0 Å². The van der Waals surface area contributed by atoms with Crippen molar-refractivity contribution in [3.8, 4) is 0 Å². The molecule has 1 aliphatic heterocycles. The van der Waals surface area contributed by atoms with Gasteiger partial charge in [0.25, 0.3) is 0 Å². The van der Waals surface area contributed by atoms with E-state index in [1.54, 1.807) is 12.3 Å². The summed E-state index contributed by atoms with van der Waals surface area (Å²) in [5.41, 5.74) is 1.50. The molecular formula is C27H32F3N3O. The molecule has 1 aromatic heterocycles. The standard InChI is InChI=1S/C27H32F3N3O/c1-19-8-4-5-14-33(19)15-7-13-31-26(34)17-23(20-9-6-10-21(16-20)27(28,29)30)24-18-32-25-12-3-2-11-22(24)25/h2-3,6,9-12,16,18-19,23,32H,4-5,7-8,13-15,17H2,1H3,(H,31,34). The van der Waals surface area contributed by atoms with Crippen molar-refractivity contribution >= 4 is 16.8 Å². The third-order valence-corrected chi connectivity index (χ3v) is 6.89. The zero-order valence-electron chi connectivity index (χ0n) is 19.5. The van der Waals surface area contributed by atoms with E-state index in [-0.39, 0.29) is 12.3 Å². The number of benzene rings is 2. The Hall–Kier alpha value is -2.80. The van der Waals surface area contributed by atoms with Crippen molar-refractivity contribution in [1.29, 1.82) is 0 Å². The van der Waals surface area contributed by atoms with Crippen LogP contribution in [0.5, 0.6) is 0 Å². The number of carbonyl (C=O) groups excluding carboxylic acids is 1. The van der Waals surface area contributed by atoms with E-state index in [1.807, 2.05) is 24.3 Å². The molecule has 3 aromatic rings. The number of aromatic nitrogens is 1. The summed E-state index contributed by atoms with van der Waals surface area (Å²) in [4.78, 5) is 18.6. The lowest BCUT2D eigenvalue weighted by Gasteiger charge is -2.33. The molecule has 182 valence electrons. The summed E-state index contributed by atoms with van der Waals surface area (Å²) in [6.45, 7) is 4.86. The fourth-order valence-electron chi connectivity index (χ4n) is 4.98. The Kier molecular flexibility index (Phi) is 7.61. The van der Waals surface area contributed by atoms with Gasteiger partial charge in [-0.15, -0.1) is 0 Å². The fraction of sp³-hybridized carbons (Fsp3) is 0.444. The van der Waals surface area contributed by atoms with Gasteiger partial charge in [0.1, 0.15) is 0 Å². The Morgan fingerprint density at radius 1 is 1.18 bits per heavy atom. The Morgan fingerprint density at radius 2 is 2.00 bits per heavy atom. The molecule has 0 aliphatic carbocycles. The number of likely N-dealkylation sites (tertiary alicyclic amines) is 1. The van der Waals surface area contributed by atoms with Gasteiger partial charge in [0.05, 0.1) is 5.56 Å². The van der Waals surface area contributed by atoms with E-state index < -0.39 is 17.7 Å². The van der Waals surface area contributed by atoms with Gasteiger partial charge < -0.3 is 15.2 Å². The Balaban J connectivity index is 1.48. The smallest absolute Gasteiger partial charge is 0.361 e. The van der Waals surface area contributed by atoms with E-state index in [9.17, 15) is 18.0 Å². The number of hydrogen-bond donors (Lipinski definition) is 2. The number of piperidine rings is 1. The second-order valence-corrected chi connectivity index (χ2v) is 9.25. The predicted octanol–water partition coefficient (Wildman–Crippen LogP) is 6.09. The van der Waals surface area contributed by atoms with E-state index >= 15 is 0 Å². The SMILES string of the molecule is CC1CCCCN1CCCNC(=O)CC(c1cccc(C(F)(F)F)c1)c1c[nH]c2ccccc12. The van der Waals surface area contributed by atoms with Crippen LogP contribution in [0.4, 0.5) is 13.2 Å². The first-order valence-corrected chi connectivity index (χ1v) is 12.1. The first-order chi connectivity index (χ1) is 16.3. The summed E-state index contributed by atoms with van der Waals surface area (Å²) >= 11 is 0. The largest absolute Gasteiger partial charge is 0.416 e. The molecule has 4 rings (SSSR count). The maximum atomic E-state index is 13.4. The van der Waals surface area contributed by atoms with Crippen LogP contribution >= 0.6 is 0 Å². The third kappa shape index (κ3) is 5.81. The molecule has 2 N–H and O–H groups in total. The van der Waals surface area contributed by atoms with Gasteiger partial charge in [-0.3, -0.25) is 4.79 Å². The number of nitrogens with one attached hydrogen (secondary N) is 2. The molecule has 0 bridgehead atoms. The number of carbonyl (C=O) groups is 1. The summed E-state index contributed by atoms with van der Waals surface area (Å²) < 4.78 is 40.2. The van der Waals surface area contributed by atoms with Crippen LogP contribution in [0, 0.1) is 0 Å². The average Bonchev–Trinajstić information content (AvgIpc) is 3.25. The number of para-hydroxylation sites is 1. The number of halogens is 3. The molecule has 2 aromatic carbocycles. The number of amides is 1. The van der Waals surface area contributed by atoms with E-state index in [0.29, 0.717) is 18.2 Å². The number of hydrogen-bond acceptors (Lipinski definition) is 2. The molecule has 2 heterocycles. The average molecular weight is 472 g/mol. The maximum absolute atomic E-state index is 13.4. The Morgan fingerprint density at radius 3 is 2.79 bits per heavy atom. The quantitative estimate of drug-likeness (QED) is 0.391. The molecule has 2 unspecified atom stereocenters. The topological polar surface area (TPSA) is 48.1 Å². The normalized spacial score (nSPS) is 18.2. The van der Waals surface area contributed by atoms with Gasteiger partial charge >= 0.3 is 6.18 Å². The van der Waals surface area contributed by atoms with E-state index in [2.05, 4.69) is 22.1 Å². The summed E-state index contributed by atoms with van der Waals surface area (Å²) in [6.07, 6.45) is 2.03. The molecule has 0 saturated carbocycles. The van der Waals surface area contributed by atoms with Gasteiger partial charge in [0, 0.05) is 48.6 Å². The van der Waals surface area contributed by atoms with Gasteiger partial charge in [-0.2, -0.15) is 13.2 Å². The molecule has 0 radical (unpaired) electrons. The number of nitrogens with zero attached hydrogens (tertiary/aromatic N) is 1. The van der Waals surface area contributed by atoms with Crippen molar-refractivity contribution in [1.82, 2.24) is 15.2 Å². The van der Waals surface area contributed by atoms with Gasteiger partial charge in [-0.05, 0) is 56.0 Å². The highest BCUT2D eigenvalue weighted by Crippen LogP contribution is 2.36. The van der Waals surface area contributed by atoms with Crippen LogP contribution in [-0.2, 0) is 11.0 Å². The van der Waals surface area contributed by atoms with Crippen LogP contribution in [0.1, 0.15) is 61.6 Å². The molecule has 1 saturated heterocycles. The van der Waals surface area contributed by atoms with Crippen molar-refractivity contribution in [2.75, 3.05) is 19.6 Å². The third-order valence-electron chi connectivity index (χ3n) is 6.89. The lowest BCUT2D eigenvalue weighted by atomic mass is 9.87. The first kappa shape index (κ1) is 24.3. The number of alkyl halides is 3. The van der Waals surface area contributed by atoms with E-state index in [1.165, 1.54) is 25.3 Å². The second kappa shape index (κ2) is 10.6. The van der Waals surface area contributed by atoms with Crippen LogP contribution in [-0.4, -0.2) is 41.5 Å². The predicted molar refractivity (Wildman–Crippen MR) is 129 cm³/mol. The molecule has 2 atom stereocenters. The fourth-order valence-corrected chi connectivity index (χ4v) is 4.98. The molecule has 34 heavy (non-hydrogen) atoms. The second-order valence-electron chi connectivity index (χ2n) is 9.25. The molecule has 1 aliphatic rings. The van der Waals surface area contributed by atoms with Gasteiger partial charge in [0.15, 0.2) is 0 Å². The number of H-pyrrole nitrogens is 1. The molecule has 1 fully saturated rings. The molecule has 0 spiro atoms. The minimum Gasteiger partial charge on any atom is -0.361 e. The summed E-state index contributed by atoms with van der Waals surface area (Å²) in [5, 5.41) is 3.91. The minimum absolute atomic E-state index is 0.0866. The first-order valence-electron chi connectivity index (χ1n) is 12.1. The van der Waals surface area contributed by atoms with Gasteiger partial charge in [-0.1, -0.05) is 42.8 Å². The van der Waals surface area contributed by atoms with Crippen LogP contribution in [0.3, 0.4) is 0 Å². The highest BCUT2D eigenvalue weighted by molar-refractivity contribution is 5.86. The van der Waals surface area contributed by atoms with Crippen LogP contribution in [0.2, 0.25) is 0 Å². The molecule has 7 heteroatoms. The highest BCUT2D eigenvalue weighted by Gasteiger charge is 2.32. The van der Waals surface area contributed by atoms with Gasteiger partial charge in [0.2, 0.25) is 5.91 Å². The number of aromatic amines is 1. The van der Waals surface area contributed by atoms with Crippen molar-refractivity contribution < 1.29 is 18.0 Å². The van der Waals surface area contributed by atoms with Crippen molar-refractivity contribution in [3.05, 3.63) is 71.4 Å². The summed E-state index contributed by atoms with van der Waals surface area (Å²) in [7, 11) is 0. The number of rotatable bonds is 8. The lowest BCUT2D eigenvalue weighted by Crippen LogP contribution is -2.39. The van der Waals surface area contributed by atoms with E-state index in [0.717, 1.165) is 48.1 Å². The molecular weight excluding hydrogens is 439 g/mol. The Bertz CT molecular complexity index is 1110. The molecule has 1 amide bonds. The number of fused-ring (bicyclic) bond motifs is 1. The highest BCUT2D eigenvalue weighted by atomic mass is 19.4. The molecule has 4 nitrogen and oxygen atoms in total. The monoisotopic (exact) mass is 471 g/mol. The van der Waals surface area contributed by atoms with Crippen LogP contribution in [0.25, 0.3) is 10.9 Å². The van der Waals surface area contributed by atoms with E-state index in [4.69, 9.17) is 0 Å². The van der Waals surface area contributed by atoms with Crippen molar-refractivity contribution in [2.24, 2.45) is 0 Å². The Labute approximate surface area is 198 Å². The van der Waals surface area contributed by atoms with Crippen LogP contribution in [0.15, 0.2) is 54.7 Å².